The lowest BCUT2D eigenvalue weighted by atomic mass is 9.98. The molecule has 2 aliphatic rings. The van der Waals surface area contributed by atoms with Crippen molar-refractivity contribution >= 4 is 34.2 Å². The number of halogens is 2. The molecule has 0 unspecified atom stereocenters. The standard InChI is InChI=1S/C33H32F2N6O3/c1-7-25(42)39-16-24-32(43)38(6)30-29(40(24)15-19(39)5)21-14-23(35)27(20-10-8-9-11-22(20)34)37-31(21)41(33(30)44)28-18(4)12-13-36-26(28)17(2)3/h7-14,17,19,24H,1,15-16H2,2-6H3/t19-,24-/m1/s1. The highest BCUT2D eigenvalue weighted by Gasteiger charge is 2.46. The Balaban J connectivity index is 1.75. The molecular weight excluding hydrogens is 566 g/mol. The smallest absolute Gasteiger partial charge is 0.283 e. The number of aryl methyl sites for hydroxylation is 1. The number of pyridine rings is 3. The van der Waals surface area contributed by atoms with Crippen LogP contribution in [-0.4, -0.2) is 63.5 Å². The fourth-order valence-corrected chi connectivity index (χ4v) is 6.37. The van der Waals surface area contributed by atoms with Crippen molar-refractivity contribution in [3.8, 4) is 16.9 Å². The van der Waals surface area contributed by atoms with E-state index in [1.165, 1.54) is 46.9 Å². The van der Waals surface area contributed by atoms with Crippen LogP contribution in [0.1, 0.15) is 37.9 Å². The van der Waals surface area contributed by atoms with Crippen molar-refractivity contribution in [3.63, 3.8) is 0 Å². The zero-order valence-corrected chi connectivity index (χ0v) is 25.1. The van der Waals surface area contributed by atoms with Gasteiger partial charge in [0.1, 0.15) is 29.1 Å². The molecule has 1 fully saturated rings. The van der Waals surface area contributed by atoms with E-state index in [0.717, 1.165) is 5.56 Å². The summed E-state index contributed by atoms with van der Waals surface area (Å²) in [6.07, 6.45) is 2.86. The fourth-order valence-electron chi connectivity index (χ4n) is 6.37. The monoisotopic (exact) mass is 598 g/mol. The Kier molecular flexibility index (Phi) is 7.06. The molecule has 44 heavy (non-hydrogen) atoms. The summed E-state index contributed by atoms with van der Waals surface area (Å²) in [5.74, 6) is -2.24. The summed E-state index contributed by atoms with van der Waals surface area (Å²) < 4.78 is 32.4. The summed E-state index contributed by atoms with van der Waals surface area (Å²) in [5, 5.41) is 0.273. The zero-order valence-electron chi connectivity index (χ0n) is 25.1. The molecule has 5 heterocycles. The lowest BCUT2D eigenvalue weighted by Gasteiger charge is -2.49. The van der Waals surface area contributed by atoms with Gasteiger partial charge in [-0.1, -0.05) is 32.6 Å². The summed E-state index contributed by atoms with van der Waals surface area (Å²) in [6, 6.07) is 7.59. The zero-order chi connectivity index (χ0) is 31.6. The Labute approximate surface area is 253 Å². The molecule has 1 aromatic carbocycles. The minimum absolute atomic E-state index is 0.0500. The van der Waals surface area contributed by atoms with Gasteiger partial charge < -0.3 is 14.7 Å². The molecule has 0 radical (unpaired) electrons. The Morgan fingerprint density at radius 1 is 1.07 bits per heavy atom. The summed E-state index contributed by atoms with van der Waals surface area (Å²) in [7, 11) is 1.50. The topological polar surface area (TPSA) is 91.6 Å². The van der Waals surface area contributed by atoms with E-state index in [9.17, 15) is 18.8 Å². The van der Waals surface area contributed by atoms with Gasteiger partial charge in [-0.05, 0) is 55.7 Å². The van der Waals surface area contributed by atoms with E-state index < -0.39 is 23.2 Å². The molecule has 6 rings (SSSR count). The van der Waals surface area contributed by atoms with Crippen LogP contribution in [0.2, 0.25) is 0 Å². The molecule has 0 spiro atoms. The van der Waals surface area contributed by atoms with Crippen LogP contribution in [-0.2, 0) is 9.59 Å². The van der Waals surface area contributed by atoms with Crippen LogP contribution in [0.15, 0.2) is 60.0 Å². The molecule has 3 aromatic heterocycles. The van der Waals surface area contributed by atoms with E-state index in [1.807, 2.05) is 27.7 Å². The van der Waals surface area contributed by atoms with E-state index in [2.05, 4.69) is 16.5 Å². The van der Waals surface area contributed by atoms with Crippen molar-refractivity contribution in [3.05, 3.63) is 88.5 Å². The predicted molar refractivity (Wildman–Crippen MR) is 165 cm³/mol. The average Bonchev–Trinajstić information content (AvgIpc) is 2.99. The Hall–Kier alpha value is -4.93. The molecule has 0 saturated carbocycles. The van der Waals surface area contributed by atoms with Crippen molar-refractivity contribution in [1.29, 1.82) is 0 Å². The normalized spacial score (nSPS) is 18.1. The number of likely N-dealkylation sites (N-methyl/N-ethyl adjacent to an activating group) is 1. The minimum atomic E-state index is -0.827. The maximum atomic E-state index is 16.1. The van der Waals surface area contributed by atoms with E-state index >= 15 is 4.39 Å². The number of nitrogens with zero attached hydrogens (tertiary/aromatic N) is 6. The number of benzene rings is 1. The van der Waals surface area contributed by atoms with Crippen molar-refractivity contribution in [2.24, 2.45) is 0 Å². The first kappa shape index (κ1) is 29.2. The number of rotatable bonds is 4. The van der Waals surface area contributed by atoms with Gasteiger partial charge in [0.2, 0.25) is 5.91 Å². The molecule has 0 N–H and O–H groups in total. The fraction of sp³-hybridized carbons (Fsp3) is 0.303. The number of amides is 2. The van der Waals surface area contributed by atoms with Crippen molar-refractivity contribution in [2.75, 3.05) is 29.9 Å². The van der Waals surface area contributed by atoms with E-state index in [0.29, 0.717) is 17.1 Å². The Bertz CT molecular complexity index is 1940. The quantitative estimate of drug-likeness (QED) is 0.316. The predicted octanol–water partition coefficient (Wildman–Crippen LogP) is 4.73. The van der Waals surface area contributed by atoms with Gasteiger partial charge in [-0.15, -0.1) is 0 Å². The average molecular weight is 599 g/mol. The van der Waals surface area contributed by atoms with Crippen molar-refractivity contribution < 1.29 is 18.4 Å². The van der Waals surface area contributed by atoms with Crippen LogP contribution in [0.5, 0.6) is 0 Å². The SMILES string of the molecule is C=CC(=O)N1C[C@@H]2C(=O)N(C)c3c(c4cc(F)c(-c5ccccc5F)nc4n(-c4c(C)ccnc4C(C)C)c3=O)N2C[C@H]1C. The molecule has 2 atom stereocenters. The largest absolute Gasteiger partial charge is 0.354 e. The van der Waals surface area contributed by atoms with Crippen LogP contribution in [0.4, 0.5) is 20.2 Å². The van der Waals surface area contributed by atoms with E-state index in [1.54, 1.807) is 28.1 Å². The molecule has 2 amide bonds. The summed E-state index contributed by atoms with van der Waals surface area (Å²) >= 11 is 0. The van der Waals surface area contributed by atoms with Crippen molar-refractivity contribution in [1.82, 2.24) is 19.4 Å². The molecule has 9 nitrogen and oxygen atoms in total. The number of piperazine rings is 1. The number of carbonyl (C=O) groups is 2. The number of carbonyl (C=O) groups excluding carboxylic acids is 2. The highest BCUT2D eigenvalue weighted by molar-refractivity contribution is 6.12. The highest BCUT2D eigenvalue weighted by atomic mass is 19.1. The molecule has 226 valence electrons. The maximum absolute atomic E-state index is 16.1. The molecule has 1 saturated heterocycles. The third kappa shape index (κ3) is 4.29. The highest BCUT2D eigenvalue weighted by Crippen LogP contribution is 2.43. The van der Waals surface area contributed by atoms with Gasteiger partial charge in [0.25, 0.3) is 11.5 Å². The number of hydrogen-bond acceptors (Lipinski definition) is 6. The molecular formula is C33H32F2N6O3. The third-order valence-corrected chi connectivity index (χ3v) is 8.54. The van der Waals surface area contributed by atoms with E-state index in [4.69, 9.17) is 0 Å². The van der Waals surface area contributed by atoms with Crippen LogP contribution >= 0.6 is 0 Å². The number of aromatic nitrogens is 3. The van der Waals surface area contributed by atoms with Crippen LogP contribution in [0, 0.1) is 18.6 Å². The van der Waals surface area contributed by atoms with Crippen LogP contribution in [0.25, 0.3) is 28.0 Å². The lowest BCUT2D eigenvalue weighted by molar-refractivity contribution is -0.130. The molecule has 4 aromatic rings. The first-order valence-electron chi connectivity index (χ1n) is 14.4. The first-order valence-corrected chi connectivity index (χ1v) is 14.4. The number of fused-ring (bicyclic) bond motifs is 5. The molecule has 0 aliphatic carbocycles. The molecule has 11 heteroatoms. The number of hydrogen-bond donors (Lipinski definition) is 0. The molecule has 0 bridgehead atoms. The second-order valence-electron chi connectivity index (χ2n) is 11.6. The lowest BCUT2D eigenvalue weighted by Crippen LogP contribution is -2.66. The maximum Gasteiger partial charge on any atom is 0.283 e. The van der Waals surface area contributed by atoms with Gasteiger partial charge in [0.15, 0.2) is 5.65 Å². The van der Waals surface area contributed by atoms with Gasteiger partial charge in [-0.3, -0.25) is 23.9 Å². The first-order chi connectivity index (χ1) is 21.0. The van der Waals surface area contributed by atoms with Crippen LogP contribution < -0.4 is 15.4 Å². The molecule has 2 aliphatic heterocycles. The second-order valence-corrected chi connectivity index (χ2v) is 11.6. The van der Waals surface area contributed by atoms with Gasteiger partial charge >= 0.3 is 0 Å². The van der Waals surface area contributed by atoms with Crippen molar-refractivity contribution in [2.45, 2.75) is 45.7 Å². The van der Waals surface area contributed by atoms with Gasteiger partial charge in [0.05, 0.1) is 23.6 Å². The van der Waals surface area contributed by atoms with Gasteiger partial charge in [-0.25, -0.2) is 13.8 Å². The Morgan fingerprint density at radius 2 is 1.80 bits per heavy atom. The summed E-state index contributed by atoms with van der Waals surface area (Å²) in [5.41, 5.74) is 1.46. The third-order valence-electron chi connectivity index (χ3n) is 8.54. The number of anilines is 2. The second kappa shape index (κ2) is 10.7. The van der Waals surface area contributed by atoms with Gasteiger partial charge in [0, 0.05) is 36.8 Å². The van der Waals surface area contributed by atoms with E-state index in [-0.39, 0.29) is 64.8 Å². The Morgan fingerprint density at radius 3 is 2.48 bits per heavy atom. The minimum Gasteiger partial charge on any atom is -0.354 e. The summed E-state index contributed by atoms with van der Waals surface area (Å²) in [4.78, 5) is 55.0. The van der Waals surface area contributed by atoms with Gasteiger partial charge in [-0.2, -0.15) is 0 Å². The van der Waals surface area contributed by atoms with Crippen LogP contribution in [0.3, 0.4) is 0 Å². The summed E-state index contributed by atoms with van der Waals surface area (Å²) in [6.45, 7) is 11.4.